The highest BCUT2D eigenvalue weighted by molar-refractivity contribution is 5.69. The number of benzene rings is 1. The van der Waals surface area contributed by atoms with E-state index in [2.05, 4.69) is 0 Å². The fraction of sp³-hybridized carbons (Fsp3) is 0.462. The van der Waals surface area contributed by atoms with Crippen molar-refractivity contribution in [2.24, 2.45) is 5.92 Å². The Labute approximate surface area is 112 Å². The molecule has 0 heterocycles. The zero-order valence-corrected chi connectivity index (χ0v) is 10.3. The van der Waals surface area contributed by atoms with Crippen molar-refractivity contribution < 1.29 is 33.3 Å². The van der Waals surface area contributed by atoms with Crippen molar-refractivity contribution in [2.75, 3.05) is 0 Å². The van der Waals surface area contributed by atoms with E-state index in [1.807, 2.05) is 0 Å². The first-order valence-electron chi connectivity index (χ1n) is 6.05. The van der Waals surface area contributed by atoms with Gasteiger partial charge in [-0.1, -0.05) is 6.07 Å². The third-order valence-electron chi connectivity index (χ3n) is 3.47. The van der Waals surface area contributed by atoms with Gasteiger partial charge < -0.3 is 15.3 Å². The predicted octanol–water partition coefficient (Wildman–Crippen LogP) is 3.08. The number of halogens is 3. The summed E-state index contributed by atoms with van der Waals surface area (Å²) >= 11 is 0. The third-order valence-corrected chi connectivity index (χ3v) is 3.47. The molecular weight excluding hydrogens is 277 g/mol. The van der Waals surface area contributed by atoms with Gasteiger partial charge in [-0.15, -0.1) is 0 Å². The molecule has 0 spiro atoms. The van der Waals surface area contributed by atoms with Crippen molar-refractivity contribution >= 4 is 5.97 Å². The van der Waals surface area contributed by atoms with Crippen LogP contribution in [0.2, 0.25) is 0 Å². The smallest absolute Gasteiger partial charge is 0.420 e. The van der Waals surface area contributed by atoms with Gasteiger partial charge in [0.15, 0.2) is 11.5 Å². The summed E-state index contributed by atoms with van der Waals surface area (Å²) < 4.78 is 37.7. The summed E-state index contributed by atoms with van der Waals surface area (Å²) in [6.07, 6.45) is -3.54. The number of rotatable bonds is 4. The van der Waals surface area contributed by atoms with Gasteiger partial charge in [0.05, 0.1) is 6.42 Å². The Kier molecular flexibility index (Phi) is 3.54. The number of hydrogen-bond acceptors (Lipinski definition) is 3. The van der Waals surface area contributed by atoms with Crippen LogP contribution >= 0.6 is 0 Å². The number of carboxylic acids is 1. The second kappa shape index (κ2) is 4.88. The van der Waals surface area contributed by atoms with Gasteiger partial charge in [-0.2, -0.15) is 13.2 Å². The monoisotopic (exact) mass is 290 g/mol. The van der Waals surface area contributed by atoms with E-state index in [1.165, 1.54) is 0 Å². The molecule has 0 bridgehead atoms. The lowest BCUT2D eigenvalue weighted by Gasteiger charge is -2.18. The predicted molar refractivity (Wildman–Crippen MR) is 62.5 cm³/mol. The van der Waals surface area contributed by atoms with E-state index in [-0.39, 0.29) is 17.9 Å². The van der Waals surface area contributed by atoms with Crippen LogP contribution in [-0.2, 0) is 11.0 Å². The quantitative estimate of drug-likeness (QED) is 0.745. The molecule has 20 heavy (non-hydrogen) atoms. The van der Waals surface area contributed by atoms with Gasteiger partial charge >= 0.3 is 12.1 Å². The third kappa shape index (κ3) is 2.81. The Bertz CT molecular complexity index is 535. The number of alkyl halides is 3. The number of phenols is 2. The van der Waals surface area contributed by atoms with E-state index in [9.17, 15) is 28.2 Å². The molecule has 7 heteroatoms. The summed E-state index contributed by atoms with van der Waals surface area (Å²) in [4.78, 5) is 10.8. The van der Waals surface area contributed by atoms with Crippen LogP contribution in [0.4, 0.5) is 13.2 Å². The molecular formula is C13H13F3O4. The Morgan fingerprint density at radius 2 is 1.85 bits per heavy atom. The summed E-state index contributed by atoms with van der Waals surface area (Å²) in [7, 11) is 0. The maximum atomic E-state index is 12.6. The second-order valence-corrected chi connectivity index (χ2v) is 4.94. The highest BCUT2D eigenvalue weighted by Gasteiger charge is 2.39. The average Bonchev–Trinajstić information content (AvgIpc) is 3.12. The Balaban J connectivity index is 2.41. The molecule has 0 aliphatic heterocycles. The summed E-state index contributed by atoms with van der Waals surface area (Å²) in [6.45, 7) is 0. The molecule has 3 N–H and O–H groups in total. The molecule has 1 aliphatic carbocycles. The SMILES string of the molecule is O=C(O)CC(c1ccc(C(F)(F)F)c(O)c1O)C1CC1. The molecule has 1 unspecified atom stereocenters. The topological polar surface area (TPSA) is 77.8 Å². The first kappa shape index (κ1) is 14.5. The lowest BCUT2D eigenvalue weighted by molar-refractivity contribution is -0.139. The fourth-order valence-corrected chi connectivity index (χ4v) is 2.34. The maximum absolute atomic E-state index is 12.6. The summed E-state index contributed by atoms with van der Waals surface area (Å²) in [5.74, 6) is -3.78. The molecule has 0 aromatic heterocycles. The first-order valence-corrected chi connectivity index (χ1v) is 6.05. The summed E-state index contributed by atoms with van der Waals surface area (Å²) in [5.41, 5.74) is -1.27. The Morgan fingerprint density at radius 1 is 1.25 bits per heavy atom. The van der Waals surface area contributed by atoms with Gasteiger partial charge in [0, 0.05) is 11.5 Å². The van der Waals surface area contributed by atoms with Gasteiger partial charge in [0.2, 0.25) is 0 Å². The molecule has 0 amide bonds. The summed E-state index contributed by atoms with van der Waals surface area (Å²) in [6, 6.07) is 1.71. The lowest BCUT2D eigenvalue weighted by Crippen LogP contribution is -2.10. The van der Waals surface area contributed by atoms with Crippen LogP contribution in [0.15, 0.2) is 12.1 Å². The zero-order chi connectivity index (χ0) is 15.1. The van der Waals surface area contributed by atoms with Crippen LogP contribution in [-0.4, -0.2) is 21.3 Å². The normalized spacial score (nSPS) is 16.9. The minimum atomic E-state index is -4.78. The van der Waals surface area contributed by atoms with Gasteiger partial charge in [-0.25, -0.2) is 0 Å². The van der Waals surface area contributed by atoms with Gasteiger partial charge in [-0.3, -0.25) is 4.79 Å². The minimum absolute atomic E-state index is 0.0214. The highest BCUT2D eigenvalue weighted by Crippen LogP contribution is 2.50. The van der Waals surface area contributed by atoms with Crippen LogP contribution in [0.5, 0.6) is 11.5 Å². The number of carbonyl (C=O) groups is 1. The van der Waals surface area contributed by atoms with Gasteiger partial charge in [0.1, 0.15) is 5.56 Å². The van der Waals surface area contributed by atoms with Crippen molar-refractivity contribution in [1.29, 1.82) is 0 Å². The van der Waals surface area contributed by atoms with E-state index in [1.54, 1.807) is 0 Å². The number of carboxylic acid groups (broad SMARTS) is 1. The van der Waals surface area contributed by atoms with Crippen LogP contribution < -0.4 is 0 Å². The number of hydrogen-bond donors (Lipinski definition) is 3. The number of aromatic hydroxyl groups is 2. The maximum Gasteiger partial charge on any atom is 0.420 e. The van der Waals surface area contributed by atoms with Gasteiger partial charge in [-0.05, 0) is 24.8 Å². The Hall–Kier alpha value is -1.92. The van der Waals surface area contributed by atoms with E-state index >= 15 is 0 Å². The second-order valence-electron chi connectivity index (χ2n) is 4.94. The van der Waals surface area contributed by atoms with Crippen molar-refractivity contribution in [3.63, 3.8) is 0 Å². The summed E-state index contributed by atoms with van der Waals surface area (Å²) in [5, 5.41) is 28.1. The Morgan fingerprint density at radius 3 is 2.30 bits per heavy atom. The molecule has 1 saturated carbocycles. The zero-order valence-electron chi connectivity index (χ0n) is 10.3. The molecule has 1 aromatic carbocycles. The first-order chi connectivity index (χ1) is 9.21. The van der Waals surface area contributed by atoms with Crippen LogP contribution in [0.1, 0.15) is 36.3 Å². The molecule has 0 saturated heterocycles. The fourth-order valence-electron chi connectivity index (χ4n) is 2.34. The van der Waals surface area contributed by atoms with Gasteiger partial charge in [0.25, 0.3) is 0 Å². The molecule has 1 fully saturated rings. The van der Waals surface area contributed by atoms with Crippen LogP contribution in [0.3, 0.4) is 0 Å². The molecule has 110 valence electrons. The molecule has 2 rings (SSSR count). The molecule has 4 nitrogen and oxygen atoms in total. The largest absolute Gasteiger partial charge is 0.504 e. The lowest BCUT2D eigenvalue weighted by atomic mass is 9.89. The number of aliphatic carboxylic acids is 1. The van der Waals surface area contributed by atoms with Crippen LogP contribution in [0, 0.1) is 5.92 Å². The highest BCUT2D eigenvalue weighted by atomic mass is 19.4. The van der Waals surface area contributed by atoms with E-state index in [4.69, 9.17) is 5.11 Å². The van der Waals surface area contributed by atoms with E-state index in [0.29, 0.717) is 6.07 Å². The molecule has 1 aromatic rings. The molecule has 0 radical (unpaired) electrons. The number of phenolic OH excluding ortho intramolecular Hbond substituents is 2. The van der Waals surface area contributed by atoms with E-state index in [0.717, 1.165) is 18.9 Å². The van der Waals surface area contributed by atoms with Crippen molar-refractivity contribution in [1.82, 2.24) is 0 Å². The molecule has 1 atom stereocenters. The minimum Gasteiger partial charge on any atom is -0.504 e. The standard InChI is InChI=1S/C13H13F3O4/c14-13(15,16)9-4-3-7(11(19)12(9)20)8(5-10(17)18)6-1-2-6/h3-4,6,8,19-20H,1-2,5H2,(H,17,18). The van der Waals surface area contributed by atoms with Crippen molar-refractivity contribution in [3.05, 3.63) is 23.3 Å². The van der Waals surface area contributed by atoms with Crippen LogP contribution in [0.25, 0.3) is 0 Å². The average molecular weight is 290 g/mol. The van der Waals surface area contributed by atoms with Crippen molar-refractivity contribution in [2.45, 2.75) is 31.4 Å². The molecule has 1 aliphatic rings. The van der Waals surface area contributed by atoms with Crippen molar-refractivity contribution in [3.8, 4) is 11.5 Å². The van der Waals surface area contributed by atoms with E-state index < -0.39 is 35.1 Å².